The van der Waals surface area contributed by atoms with Gasteiger partial charge in [0.1, 0.15) is 0 Å². The van der Waals surface area contributed by atoms with Gasteiger partial charge in [0.25, 0.3) is 0 Å². The summed E-state index contributed by atoms with van der Waals surface area (Å²) < 4.78 is 0. The van der Waals surface area contributed by atoms with Gasteiger partial charge in [-0.1, -0.05) is 30.3 Å². The smallest absolute Gasteiger partial charge is 0.00307 e. The van der Waals surface area contributed by atoms with E-state index in [9.17, 15) is 0 Å². The quantitative estimate of drug-likeness (QED) is 0.582. The van der Waals surface area contributed by atoms with Gasteiger partial charge in [-0.2, -0.15) is 0 Å². The molecule has 0 atom stereocenters. The van der Waals surface area contributed by atoms with E-state index in [1.54, 1.807) is 0 Å². The Kier molecular flexibility index (Phi) is 1.59. The summed E-state index contributed by atoms with van der Waals surface area (Å²) in [5.74, 6) is 0. The van der Waals surface area contributed by atoms with Gasteiger partial charge in [-0.25, -0.2) is 0 Å². The van der Waals surface area contributed by atoms with Gasteiger partial charge in [0.05, 0.1) is 0 Å². The molecule has 1 aliphatic carbocycles. The SMILES string of the molecule is CC1=C(C)c2c(C)ccc3cccc1c23. The molecular formula is C15H14. The highest BCUT2D eigenvalue weighted by atomic mass is 14.2. The van der Waals surface area contributed by atoms with E-state index in [4.69, 9.17) is 0 Å². The van der Waals surface area contributed by atoms with Crippen molar-refractivity contribution < 1.29 is 0 Å². The Bertz CT molecular complexity index is 601. The Morgan fingerprint density at radius 1 is 0.800 bits per heavy atom. The molecule has 0 heteroatoms. The fraction of sp³-hybridized carbons (Fsp3) is 0.200. The monoisotopic (exact) mass is 194 g/mol. The molecule has 15 heavy (non-hydrogen) atoms. The van der Waals surface area contributed by atoms with Crippen molar-refractivity contribution in [3.63, 3.8) is 0 Å². The van der Waals surface area contributed by atoms with E-state index >= 15 is 0 Å². The van der Waals surface area contributed by atoms with Crippen molar-refractivity contribution in [2.24, 2.45) is 0 Å². The van der Waals surface area contributed by atoms with E-state index in [0.717, 1.165) is 0 Å². The molecular weight excluding hydrogens is 180 g/mol. The standard InChI is InChI=1S/C15H14/c1-9-7-8-12-5-4-6-13-10(2)11(3)14(9)15(12)13/h4-8H,1-3H3. The van der Waals surface area contributed by atoms with Gasteiger partial charge in [-0.15, -0.1) is 0 Å². The van der Waals surface area contributed by atoms with E-state index in [1.807, 2.05) is 0 Å². The second kappa shape index (κ2) is 2.73. The maximum atomic E-state index is 2.23. The van der Waals surface area contributed by atoms with Crippen LogP contribution in [0.1, 0.15) is 30.5 Å². The molecule has 1 aliphatic rings. The zero-order valence-electron chi connectivity index (χ0n) is 9.39. The first-order chi connectivity index (χ1) is 7.20. The third-order valence-electron chi connectivity index (χ3n) is 3.60. The fourth-order valence-corrected chi connectivity index (χ4v) is 2.67. The minimum atomic E-state index is 1.37. The van der Waals surface area contributed by atoms with E-state index in [1.165, 1.54) is 38.6 Å². The first kappa shape index (κ1) is 8.72. The highest BCUT2D eigenvalue weighted by Gasteiger charge is 2.19. The van der Waals surface area contributed by atoms with Crippen LogP contribution >= 0.6 is 0 Å². The Balaban J connectivity index is 2.61. The Hall–Kier alpha value is -1.56. The molecule has 0 radical (unpaired) electrons. The van der Waals surface area contributed by atoms with Crippen LogP contribution < -0.4 is 0 Å². The fourth-order valence-electron chi connectivity index (χ4n) is 2.67. The largest absolute Gasteiger partial charge is 0.0610 e. The van der Waals surface area contributed by atoms with Crippen molar-refractivity contribution in [1.29, 1.82) is 0 Å². The zero-order valence-corrected chi connectivity index (χ0v) is 9.39. The summed E-state index contributed by atoms with van der Waals surface area (Å²) in [5.41, 5.74) is 7.15. The average Bonchev–Trinajstić information content (AvgIpc) is 2.50. The van der Waals surface area contributed by atoms with E-state index in [0.29, 0.717) is 0 Å². The van der Waals surface area contributed by atoms with Gasteiger partial charge in [0.2, 0.25) is 0 Å². The normalized spacial score (nSPS) is 14.1. The van der Waals surface area contributed by atoms with Gasteiger partial charge < -0.3 is 0 Å². The average molecular weight is 194 g/mol. The number of allylic oxidation sites excluding steroid dienone is 2. The van der Waals surface area contributed by atoms with Crippen molar-refractivity contribution >= 4 is 21.9 Å². The molecule has 0 N–H and O–H groups in total. The minimum absolute atomic E-state index is 1.37. The van der Waals surface area contributed by atoms with Crippen molar-refractivity contribution in [3.8, 4) is 0 Å². The maximum absolute atomic E-state index is 2.23. The molecule has 0 saturated carbocycles. The maximum Gasteiger partial charge on any atom is -0.00307 e. The third kappa shape index (κ3) is 0.967. The molecule has 0 heterocycles. The van der Waals surface area contributed by atoms with Gasteiger partial charge in [0, 0.05) is 0 Å². The number of hydrogen-bond acceptors (Lipinski definition) is 0. The second-order valence-corrected chi connectivity index (χ2v) is 4.41. The van der Waals surface area contributed by atoms with Crippen molar-refractivity contribution in [2.75, 3.05) is 0 Å². The van der Waals surface area contributed by atoms with Crippen molar-refractivity contribution in [2.45, 2.75) is 20.8 Å². The lowest BCUT2D eigenvalue weighted by molar-refractivity contribution is 1.46. The summed E-state index contributed by atoms with van der Waals surface area (Å²) in [6, 6.07) is 11.0. The molecule has 0 nitrogen and oxygen atoms in total. The molecule has 0 amide bonds. The van der Waals surface area contributed by atoms with Crippen LogP contribution in [0.2, 0.25) is 0 Å². The van der Waals surface area contributed by atoms with Crippen LogP contribution in [0.15, 0.2) is 30.3 Å². The van der Waals surface area contributed by atoms with Crippen LogP contribution in [0.4, 0.5) is 0 Å². The van der Waals surface area contributed by atoms with E-state index in [-0.39, 0.29) is 0 Å². The minimum Gasteiger partial charge on any atom is -0.0610 e. The van der Waals surface area contributed by atoms with Crippen LogP contribution in [0.3, 0.4) is 0 Å². The summed E-state index contributed by atoms with van der Waals surface area (Å²) in [4.78, 5) is 0. The van der Waals surface area contributed by atoms with Gasteiger partial charge in [-0.3, -0.25) is 0 Å². The van der Waals surface area contributed by atoms with Gasteiger partial charge in [-0.05, 0) is 59.4 Å². The summed E-state index contributed by atoms with van der Waals surface area (Å²) in [7, 11) is 0. The second-order valence-electron chi connectivity index (χ2n) is 4.41. The topological polar surface area (TPSA) is 0 Å². The summed E-state index contributed by atoms with van der Waals surface area (Å²) >= 11 is 0. The molecule has 3 rings (SSSR count). The lowest BCUT2D eigenvalue weighted by atomic mass is 9.98. The highest BCUT2D eigenvalue weighted by molar-refractivity contribution is 6.13. The van der Waals surface area contributed by atoms with Gasteiger partial charge >= 0.3 is 0 Å². The molecule has 0 unspecified atom stereocenters. The highest BCUT2D eigenvalue weighted by Crippen LogP contribution is 2.42. The first-order valence-corrected chi connectivity index (χ1v) is 5.40. The molecule has 0 aromatic heterocycles. The zero-order chi connectivity index (χ0) is 10.6. The molecule has 0 saturated heterocycles. The lowest BCUT2D eigenvalue weighted by Crippen LogP contribution is -1.84. The van der Waals surface area contributed by atoms with Crippen LogP contribution in [0, 0.1) is 6.92 Å². The van der Waals surface area contributed by atoms with Crippen molar-refractivity contribution in [3.05, 3.63) is 47.0 Å². The predicted molar refractivity (Wildman–Crippen MR) is 66.8 cm³/mol. The lowest BCUT2D eigenvalue weighted by Gasteiger charge is -2.06. The molecule has 74 valence electrons. The summed E-state index contributed by atoms with van der Waals surface area (Å²) in [6.07, 6.45) is 0. The van der Waals surface area contributed by atoms with Crippen molar-refractivity contribution in [1.82, 2.24) is 0 Å². The summed E-state index contributed by atoms with van der Waals surface area (Å²) in [5, 5.41) is 2.82. The van der Waals surface area contributed by atoms with Crippen LogP contribution in [-0.2, 0) is 0 Å². The van der Waals surface area contributed by atoms with Crippen LogP contribution in [0.5, 0.6) is 0 Å². The number of hydrogen-bond donors (Lipinski definition) is 0. The van der Waals surface area contributed by atoms with E-state index in [2.05, 4.69) is 51.1 Å². The Morgan fingerprint density at radius 2 is 1.60 bits per heavy atom. The molecule has 2 aromatic rings. The summed E-state index contributed by atoms with van der Waals surface area (Å²) in [6.45, 7) is 6.66. The van der Waals surface area contributed by atoms with E-state index < -0.39 is 0 Å². The molecule has 0 spiro atoms. The first-order valence-electron chi connectivity index (χ1n) is 5.40. The number of rotatable bonds is 0. The molecule has 0 aliphatic heterocycles. The molecule has 0 bridgehead atoms. The molecule has 2 aromatic carbocycles. The Labute approximate surface area is 90.2 Å². The van der Waals surface area contributed by atoms with Gasteiger partial charge in [0.15, 0.2) is 0 Å². The molecule has 0 fully saturated rings. The Morgan fingerprint density at radius 3 is 2.40 bits per heavy atom. The third-order valence-corrected chi connectivity index (χ3v) is 3.60. The van der Waals surface area contributed by atoms with Crippen LogP contribution in [0.25, 0.3) is 21.9 Å². The number of aryl methyl sites for hydroxylation is 1. The predicted octanol–water partition coefficient (Wildman–Crippen LogP) is 4.41. The van der Waals surface area contributed by atoms with Crippen LogP contribution in [-0.4, -0.2) is 0 Å². The number of benzene rings is 2.